The van der Waals surface area contributed by atoms with Crippen LogP contribution in [0.2, 0.25) is 0 Å². The van der Waals surface area contributed by atoms with Crippen molar-refractivity contribution in [2.45, 2.75) is 12.6 Å². The number of carbonyl (C=O) groups excluding carboxylic acids is 2. The highest BCUT2D eigenvalue weighted by molar-refractivity contribution is 7.59. The Balaban J connectivity index is 0.00000306. The maximum Gasteiger partial charge on any atom is 0.322 e. The monoisotopic (exact) mass is 467 g/mol. The minimum absolute atomic E-state index is 0. The number of ether oxygens (including phenoxy) is 2. The first kappa shape index (κ1) is 24.0. The van der Waals surface area contributed by atoms with E-state index in [0.717, 1.165) is 11.1 Å². The standard InChI is InChI=1S/C24H23N3O5.H2S/c1-31-20-11-9-19(10-12-20)25-24(29)27-14-18-8-7-17(23(28)26-30)13-21(18)32-22(15-27)16-5-3-2-4-6-16;/h2-13,22,30H,14-15H2,1H3,(H,25,29)(H,26,28);1H2/t22-;/m1./s1. The van der Waals surface area contributed by atoms with E-state index < -0.39 is 12.0 Å². The number of amides is 3. The van der Waals surface area contributed by atoms with E-state index in [4.69, 9.17) is 14.7 Å². The molecule has 0 unspecified atom stereocenters. The van der Waals surface area contributed by atoms with E-state index in [1.165, 1.54) is 0 Å². The van der Waals surface area contributed by atoms with Crippen LogP contribution in [0.5, 0.6) is 11.5 Å². The van der Waals surface area contributed by atoms with Crippen molar-refractivity contribution in [2.24, 2.45) is 0 Å². The van der Waals surface area contributed by atoms with E-state index in [-0.39, 0.29) is 25.1 Å². The van der Waals surface area contributed by atoms with Crippen LogP contribution in [0, 0.1) is 0 Å². The van der Waals surface area contributed by atoms with Crippen LogP contribution in [-0.2, 0) is 6.54 Å². The Morgan fingerprint density at radius 1 is 1.06 bits per heavy atom. The molecule has 0 fully saturated rings. The lowest BCUT2D eigenvalue weighted by atomic mass is 10.1. The van der Waals surface area contributed by atoms with Gasteiger partial charge in [-0.2, -0.15) is 13.5 Å². The van der Waals surface area contributed by atoms with Gasteiger partial charge in [0.2, 0.25) is 0 Å². The molecule has 0 aromatic heterocycles. The highest BCUT2D eigenvalue weighted by Gasteiger charge is 2.28. The Labute approximate surface area is 198 Å². The van der Waals surface area contributed by atoms with Gasteiger partial charge in [0.1, 0.15) is 17.6 Å². The summed E-state index contributed by atoms with van der Waals surface area (Å²) in [4.78, 5) is 26.6. The first-order valence-corrected chi connectivity index (χ1v) is 10.1. The molecular weight excluding hydrogens is 442 g/mol. The number of hydrogen-bond acceptors (Lipinski definition) is 5. The molecule has 0 saturated carbocycles. The van der Waals surface area contributed by atoms with Gasteiger partial charge in [0.15, 0.2) is 0 Å². The average molecular weight is 468 g/mol. The molecule has 3 amide bonds. The largest absolute Gasteiger partial charge is 0.497 e. The third kappa shape index (κ3) is 5.57. The molecule has 0 spiro atoms. The third-order valence-electron chi connectivity index (χ3n) is 5.25. The summed E-state index contributed by atoms with van der Waals surface area (Å²) in [6.45, 7) is 0.601. The molecule has 1 aliphatic rings. The number of rotatable bonds is 4. The van der Waals surface area contributed by atoms with Crippen LogP contribution >= 0.6 is 13.5 Å². The number of urea groups is 1. The minimum atomic E-state index is -0.633. The highest BCUT2D eigenvalue weighted by Crippen LogP contribution is 2.32. The van der Waals surface area contributed by atoms with Gasteiger partial charge in [0.05, 0.1) is 20.2 Å². The predicted molar refractivity (Wildman–Crippen MR) is 128 cm³/mol. The second kappa shape index (κ2) is 10.8. The van der Waals surface area contributed by atoms with Gasteiger partial charge in [-0.3, -0.25) is 10.0 Å². The number of anilines is 1. The molecule has 0 aliphatic carbocycles. The second-order valence-corrected chi connectivity index (χ2v) is 7.32. The summed E-state index contributed by atoms with van der Waals surface area (Å²) in [6.07, 6.45) is -0.438. The van der Waals surface area contributed by atoms with Crippen LogP contribution in [0.25, 0.3) is 0 Å². The van der Waals surface area contributed by atoms with Crippen LogP contribution in [0.15, 0.2) is 72.8 Å². The lowest BCUT2D eigenvalue weighted by Crippen LogP contribution is -2.37. The van der Waals surface area contributed by atoms with Crippen molar-refractivity contribution in [3.63, 3.8) is 0 Å². The van der Waals surface area contributed by atoms with Crippen molar-refractivity contribution in [3.05, 3.63) is 89.5 Å². The van der Waals surface area contributed by atoms with Gasteiger partial charge in [0.25, 0.3) is 5.91 Å². The number of nitrogens with one attached hydrogen (secondary N) is 2. The molecule has 0 radical (unpaired) electrons. The van der Waals surface area contributed by atoms with Crippen molar-refractivity contribution in [2.75, 3.05) is 19.0 Å². The van der Waals surface area contributed by atoms with Crippen molar-refractivity contribution >= 4 is 31.1 Å². The maximum atomic E-state index is 13.1. The summed E-state index contributed by atoms with van der Waals surface area (Å²) < 4.78 is 11.4. The van der Waals surface area contributed by atoms with Crippen LogP contribution in [0.1, 0.15) is 27.6 Å². The third-order valence-corrected chi connectivity index (χ3v) is 5.25. The fraction of sp³-hybridized carbons (Fsp3) is 0.167. The summed E-state index contributed by atoms with van der Waals surface area (Å²) in [7, 11) is 1.58. The lowest BCUT2D eigenvalue weighted by Gasteiger charge is -2.24. The molecule has 172 valence electrons. The molecule has 33 heavy (non-hydrogen) atoms. The first-order valence-electron chi connectivity index (χ1n) is 10.1. The highest BCUT2D eigenvalue weighted by atomic mass is 32.1. The summed E-state index contributed by atoms with van der Waals surface area (Å²) in [5.41, 5.74) is 4.19. The molecule has 1 aliphatic heterocycles. The molecule has 3 N–H and O–H groups in total. The van der Waals surface area contributed by atoms with Gasteiger partial charge in [0, 0.05) is 16.8 Å². The van der Waals surface area contributed by atoms with E-state index in [1.807, 2.05) is 30.3 Å². The van der Waals surface area contributed by atoms with E-state index in [0.29, 0.717) is 30.3 Å². The molecule has 3 aromatic rings. The number of hydrogen-bond donors (Lipinski definition) is 3. The number of nitrogens with zero attached hydrogens (tertiary/aromatic N) is 1. The molecule has 9 heteroatoms. The van der Waals surface area contributed by atoms with Crippen LogP contribution < -0.4 is 20.3 Å². The van der Waals surface area contributed by atoms with E-state index in [2.05, 4.69) is 5.32 Å². The maximum absolute atomic E-state index is 13.1. The Morgan fingerprint density at radius 3 is 2.45 bits per heavy atom. The Kier molecular flexibility index (Phi) is 7.81. The average Bonchev–Trinajstić information content (AvgIpc) is 3.04. The smallest absolute Gasteiger partial charge is 0.322 e. The van der Waals surface area contributed by atoms with Gasteiger partial charge in [-0.25, -0.2) is 10.3 Å². The molecule has 1 heterocycles. The van der Waals surface area contributed by atoms with Gasteiger partial charge in [-0.1, -0.05) is 36.4 Å². The topological polar surface area (TPSA) is 100 Å². The summed E-state index contributed by atoms with van der Waals surface area (Å²) in [6, 6.07) is 21.3. The Morgan fingerprint density at radius 2 is 1.79 bits per heavy atom. The Hall–Kier alpha value is -3.69. The van der Waals surface area contributed by atoms with E-state index in [9.17, 15) is 9.59 Å². The number of carbonyl (C=O) groups is 2. The zero-order chi connectivity index (χ0) is 22.5. The molecular formula is C24H25N3O5S. The van der Waals surface area contributed by atoms with Crippen molar-refractivity contribution in [1.82, 2.24) is 10.4 Å². The van der Waals surface area contributed by atoms with Crippen LogP contribution in [-0.4, -0.2) is 35.7 Å². The zero-order valence-corrected chi connectivity index (χ0v) is 18.9. The van der Waals surface area contributed by atoms with Crippen molar-refractivity contribution in [3.8, 4) is 11.5 Å². The molecule has 1 atom stereocenters. The normalized spacial score (nSPS) is 14.6. The minimum Gasteiger partial charge on any atom is -0.497 e. The first-order chi connectivity index (χ1) is 15.6. The summed E-state index contributed by atoms with van der Waals surface area (Å²) >= 11 is 0. The van der Waals surface area contributed by atoms with E-state index in [1.54, 1.807) is 60.0 Å². The number of benzene rings is 3. The number of methoxy groups -OCH3 is 1. The molecule has 4 rings (SSSR count). The molecule has 0 bridgehead atoms. The van der Waals surface area contributed by atoms with Gasteiger partial charge in [-0.05, 0) is 42.0 Å². The lowest BCUT2D eigenvalue weighted by molar-refractivity contribution is 0.0705. The SMILES string of the molecule is COc1ccc(NC(=O)N2Cc3ccc(C(=O)NO)cc3O[C@@H](c3ccccc3)C2)cc1.S. The Bertz CT molecular complexity index is 1110. The van der Waals surface area contributed by atoms with Crippen molar-refractivity contribution < 1.29 is 24.3 Å². The molecule has 0 saturated heterocycles. The fourth-order valence-corrected chi connectivity index (χ4v) is 3.53. The number of hydroxylamine groups is 1. The van der Waals surface area contributed by atoms with Crippen LogP contribution in [0.3, 0.4) is 0 Å². The van der Waals surface area contributed by atoms with Crippen LogP contribution in [0.4, 0.5) is 10.5 Å². The molecule has 8 nitrogen and oxygen atoms in total. The van der Waals surface area contributed by atoms with E-state index >= 15 is 0 Å². The van der Waals surface area contributed by atoms with Gasteiger partial charge in [-0.15, -0.1) is 0 Å². The summed E-state index contributed by atoms with van der Waals surface area (Å²) in [5.74, 6) is 0.553. The second-order valence-electron chi connectivity index (χ2n) is 7.32. The molecule has 3 aromatic carbocycles. The summed E-state index contributed by atoms with van der Waals surface area (Å²) in [5, 5.41) is 11.9. The van der Waals surface area contributed by atoms with Crippen molar-refractivity contribution in [1.29, 1.82) is 0 Å². The fourth-order valence-electron chi connectivity index (χ4n) is 3.53. The quantitative estimate of drug-likeness (QED) is 0.396. The van der Waals surface area contributed by atoms with Gasteiger partial charge < -0.3 is 19.7 Å². The number of fused-ring (bicyclic) bond motifs is 1. The van der Waals surface area contributed by atoms with Gasteiger partial charge >= 0.3 is 6.03 Å². The zero-order valence-electron chi connectivity index (χ0n) is 17.9. The predicted octanol–water partition coefficient (Wildman–Crippen LogP) is 4.09.